The van der Waals surface area contributed by atoms with Crippen LogP contribution in [0.4, 0.5) is 0 Å². The zero-order valence-corrected chi connectivity index (χ0v) is 15.4. The predicted octanol–water partition coefficient (Wildman–Crippen LogP) is 4.22. The highest BCUT2D eigenvalue weighted by Crippen LogP contribution is 2.33. The van der Waals surface area contributed by atoms with E-state index in [1.807, 2.05) is 24.3 Å². The number of esters is 2. The van der Waals surface area contributed by atoms with Crippen LogP contribution >= 0.6 is 0 Å². The Balaban J connectivity index is 1.88. The number of hydrogen-bond donors (Lipinski definition) is 1. The van der Waals surface area contributed by atoms with Crippen LogP contribution in [0.15, 0.2) is 46.9 Å². The fraction of sp³-hybridized carbons (Fsp3) is 0.190. The van der Waals surface area contributed by atoms with E-state index in [0.717, 1.165) is 21.8 Å². The number of pyridine rings is 1. The highest BCUT2D eigenvalue weighted by atomic mass is 16.5. The molecule has 4 aromatic rings. The highest BCUT2D eigenvalue weighted by molar-refractivity contribution is 6.12. The molecule has 3 aromatic heterocycles. The molecular weight excluding hydrogens is 360 g/mol. The molecule has 4 rings (SSSR count). The minimum Gasteiger partial charge on any atom is -0.461 e. The molecular formula is C21H18N2O5. The monoisotopic (exact) mass is 378 g/mol. The number of carbonyl (C=O) groups excluding carboxylic acids is 2. The van der Waals surface area contributed by atoms with Crippen molar-refractivity contribution >= 4 is 33.7 Å². The second-order valence-corrected chi connectivity index (χ2v) is 6.22. The summed E-state index contributed by atoms with van der Waals surface area (Å²) in [7, 11) is 0. The van der Waals surface area contributed by atoms with Gasteiger partial charge in [0.1, 0.15) is 23.8 Å². The van der Waals surface area contributed by atoms with E-state index in [1.165, 1.54) is 6.92 Å². The minimum absolute atomic E-state index is 0.0305. The Morgan fingerprint density at radius 2 is 1.93 bits per heavy atom. The summed E-state index contributed by atoms with van der Waals surface area (Å²) in [5.74, 6) is 0.0590. The Morgan fingerprint density at radius 3 is 2.71 bits per heavy atom. The lowest BCUT2D eigenvalue weighted by molar-refractivity contribution is -0.142. The fourth-order valence-corrected chi connectivity index (χ4v) is 3.09. The summed E-state index contributed by atoms with van der Waals surface area (Å²) >= 11 is 0. The molecule has 142 valence electrons. The molecule has 0 aliphatic heterocycles. The van der Waals surface area contributed by atoms with Crippen molar-refractivity contribution in [1.82, 2.24) is 9.97 Å². The van der Waals surface area contributed by atoms with Crippen molar-refractivity contribution in [2.24, 2.45) is 0 Å². The Hall–Kier alpha value is -3.61. The summed E-state index contributed by atoms with van der Waals surface area (Å²) in [5, 5.41) is 1.82. The van der Waals surface area contributed by atoms with Gasteiger partial charge in [0.15, 0.2) is 5.76 Å². The lowest BCUT2D eigenvalue weighted by Crippen LogP contribution is -2.07. The average Bonchev–Trinajstić information content (AvgIpc) is 3.30. The summed E-state index contributed by atoms with van der Waals surface area (Å²) in [6.07, 6.45) is 0. The maximum Gasteiger partial charge on any atom is 0.356 e. The molecule has 1 N–H and O–H groups in total. The van der Waals surface area contributed by atoms with Crippen molar-refractivity contribution in [1.29, 1.82) is 0 Å². The Bertz CT molecular complexity index is 1190. The van der Waals surface area contributed by atoms with E-state index in [4.69, 9.17) is 13.9 Å². The van der Waals surface area contributed by atoms with Crippen LogP contribution in [0, 0.1) is 0 Å². The van der Waals surface area contributed by atoms with Gasteiger partial charge in [-0.05, 0) is 31.2 Å². The predicted molar refractivity (Wildman–Crippen MR) is 103 cm³/mol. The van der Waals surface area contributed by atoms with Crippen molar-refractivity contribution in [3.63, 3.8) is 0 Å². The summed E-state index contributed by atoms with van der Waals surface area (Å²) in [4.78, 5) is 31.2. The topological polar surface area (TPSA) is 94.4 Å². The molecule has 0 bridgehead atoms. The first-order valence-corrected chi connectivity index (χ1v) is 8.88. The molecule has 7 heteroatoms. The molecule has 0 aliphatic rings. The van der Waals surface area contributed by atoms with Gasteiger partial charge in [-0.1, -0.05) is 18.2 Å². The molecule has 7 nitrogen and oxygen atoms in total. The van der Waals surface area contributed by atoms with E-state index >= 15 is 0 Å². The van der Waals surface area contributed by atoms with Gasteiger partial charge in [0.05, 0.1) is 12.1 Å². The van der Waals surface area contributed by atoms with Gasteiger partial charge in [0.2, 0.25) is 0 Å². The van der Waals surface area contributed by atoms with Crippen molar-refractivity contribution in [2.75, 3.05) is 6.61 Å². The molecule has 0 spiro atoms. The number of ether oxygens (including phenoxy) is 2. The lowest BCUT2D eigenvalue weighted by Gasteiger charge is -2.05. The fourth-order valence-electron chi connectivity index (χ4n) is 3.09. The van der Waals surface area contributed by atoms with E-state index in [2.05, 4.69) is 9.97 Å². The second-order valence-electron chi connectivity index (χ2n) is 6.22. The lowest BCUT2D eigenvalue weighted by atomic mass is 10.1. The van der Waals surface area contributed by atoms with Crippen LogP contribution < -0.4 is 0 Å². The maximum atomic E-state index is 12.3. The van der Waals surface area contributed by atoms with Crippen LogP contribution in [0.2, 0.25) is 0 Å². The molecule has 0 aliphatic carbocycles. The molecule has 0 radical (unpaired) electrons. The van der Waals surface area contributed by atoms with E-state index in [9.17, 15) is 9.59 Å². The van der Waals surface area contributed by atoms with Gasteiger partial charge in [-0.2, -0.15) is 0 Å². The molecule has 0 fully saturated rings. The van der Waals surface area contributed by atoms with Gasteiger partial charge in [-0.15, -0.1) is 0 Å². The molecule has 1 aromatic carbocycles. The first-order valence-electron chi connectivity index (χ1n) is 8.88. The second kappa shape index (κ2) is 7.19. The van der Waals surface area contributed by atoms with Crippen LogP contribution in [-0.2, 0) is 20.9 Å². The largest absolute Gasteiger partial charge is 0.461 e. The molecule has 0 unspecified atom stereocenters. The highest BCUT2D eigenvalue weighted by Gasteiger charge is 2.19. The van der Waals surface area contributed by atoms with Crippen molar-refractivity contribution in [3.8, 4) is 11.5 Å². The van der Waals surface area contributed by atoms with Gasteiger partial charge in [-0.3, -0.25) is 4.79 Å². The third kappa shape index (κ3) is 3.22. The number of fused-ring (bicyclic) bond motifs is 3. The number of rotatable bonds is 5. The number of benzene rings is 1. The van der Waals surface area contributed by atoms with E-state index in [1.54, 1.807) is 25.1 Å². The van der Waals surface area contributed by atoms with Crippen LogP contribution in [0.5, 0.6) is 0 Å². The number of furan rings is 1. The van der Waals surface area contributed by atoms with Crippen LogP contribution in [0.1, 0.15) is 30.1 Å². The summed E-state index contributed by atoms with van der Waals surface area (Å²) in [6.45, 7) is 3.37. The number of para-hydroxylation sites is 1. The zero-order chi connectivity index (χ0) is 19.7. The summed E-state index contributed by atoms with van der Waals surface area (Å²) in [5.41, 5.74) is 2.37. The van der Waals surface area contributed by atoms with Crippen LogP contribution in [-0.4, -0.2) is 28.5 Å². The molecule has 3 heterocycles. The normalized spacial score (nSPS) is 11.1. The van der Waals surface area contributed by atoms with Crippen LogP contribution in [0.3, 0.4) is 0 Å². The Kier molecular flexibility index (Phi) is 4.57. The van der Waals surface area contributed by atoms with Crippen molar-refractivity contribution in [2.45, 2.75) is 20.5 Å². The number of aromatic nitrogens is 2. The summed E-state index contributed by atoms with van der Waals surface area (Å²) < 4.78 is 15.9. The zero-order valence-electron chi connectivity index (χ0n) is 15.4. The number of carbonyl (C=O) groups is 2. The molecule has 0 atom stereocenters. The molecule has 0 saturated heterocycles. The van der Waals surface area contributed by atoms with Crippen molar-refractivity contribution in [3.05, 3.63) is 53.9 Å². The van der Waals surface area contributed by atoms with Gasteiger partial charge < -0.3 is 18.9 Å². The van der Waals surface area contributed by atoms with E-state index in [-0.39, 0.29) is 18.9 Å². The molecule has 28 heavy (non-hydrogen) atoms. The number of nitrogens with one attached hydrogen (secondary N) is 1. The van der Waals surface area contributed by atoms with Gasteiger partial charge in [-0.25, -0.2) is 9.78 Å². The number of aromatic amines is 1. The minimum atomic E-state index is -0.498. The van der Waals surface area contributed by atoms with E-state index < -0.39 is 11.9 Å². The Morgan fingerprint density at radius 1 is 1.11 bits per heavy atom. The third-order valence-corrected chi connectivity index (χ3v) is 4.29. The smallest absolute Gasteiger partial charge is 0.356 e. The van der Waals surface area contributed by atoms with Gasteiger partial charge in [0.25, 0.3) is 0 Å². The molecule has 0 saturated carbocycles. The number of hydrogen-bond acceptors (Lipinski definition) is 6. The van der Waals surface area contributed by atoms with E-state index in [0.29, 0.717) is 17.2 Å². The Labute approximate surface area is 160 Å². The van der Waals surface area contributed by atoms with Gasteiger partial charge in [0, 0.05) is 23.2 Å². The standard InChI is InChI=1S/C21H18N2O5/c1-3-26-21(25)17-10-15-14-6-4-5-7-16(14)22-19(15)20(23-17)18-9-8-13(28-18)11-27-12(2)24/h4-10,22H,3,11H2,1-2H3. The molecule has 0 amide bonds. The number of nitrogens with zero attached hydrogens (tertiary/aromatic N) is 1. The summed E-state index contributed by atoms with van der Waals surface area (Å²) in [6, 6.07) is 13.0. The number of H-pyrrole nitrogens is 1. The van der Waals surface area contributed by atoms with Gasteiger partial charge >= 0.3 is 11.9 Å². The quantitative estimate of drug-likeness (QED) is 0.523. The maximum absolute atomic E-state index is 12.3. The van der Waals surface area contributed by atoms with Crippen LogP contribution in [0.25, 0.3) is 33.3 Å². The van der Waals surface area contributed by atoms with Crippen molar-refractivity contribution < 1.29 is 23.5 Å². The SMILES string of the molecule is CCOC(=O)c1cc2c([nH]c3ccccc32)c(-c2ccc(COC(C)=O)o2)n1. The third-order valence-electron chi connectivity index (χ3n) is 4.29. The first kappa shape index (κ1) is 17.8. The first-order chi connectivity index (χ1) is 13.6. The average molecular weight is 378 g/mol.